The van der Waals surface area contributed by atoms with Gasteiger partial charge in [-0.15, -0.1) is 0 Å². The summed E-state index contributed by atoms with van der Waals surface area (Å²) in [4.78, 5) is 26.6. The molecule has 5 aromatic rings. The van der Waals surface area contributed by atoms with E-state index in [2.05, 4.69) is 13.8 Å². The third-order valence-corrected chi connectivity index (χ3v) is 6.67. The predicted molar refractivity (Wildman–Crippen MR) is 135 cm³/mol. The van der Waals surface area contributed by atoms with Crippen molar-refractivity contribution in [3.63, 3.8) is 0 Å². The Morgan fingerprint density at radius 2 is 1.06 bits per heavy atom. The van der Waals surface area contributed by atoms with Gasteiger partial charge in [-0.3, -0.25) is 9.59 Å². The SMILES string of the molecule is CCCCn1c(=O)c(N)c2c3cccc4c3c(c(N)c(=O)n4CCCC)c3cccc1c32. The van der Waals surface area contributed by atoms with Crippen LogP contribution in [0.2, 0.25) is 0 Å². The number of aryl methyl sites for hydroxylation is 2. The molecule has 6 nitrogen and oxygen atoms in total. The topological polar surface area (TPSA) is 96.0 Å². The van der Waals surface area contributed by atoms with Gasteiger partial charge in [0.05, 0.1) is 11.0 Å². The number of nitrogens with two attached hydrogens (primary N) is 2. The summed E-state index contributed by atoms with van der Waals surface area (Å²) in [7, 11) is 0. The molecule has 0 amide bonds. The zero-order chi connectivity index (χ0) is 22.6. The Kier molecular flexibility index (Phi) is 4.81. The van der Waals surface area contributed by atoms with Crippen LogP contribution in [0.3, 0.4) is 0 Å². The molecule has 0 aliphatic heterocycles. The first-order valence-corrected chi connectivity index (χ1v) is 11.4. The molecule has 0 fully saturated rings. The maximum Gasteiger partial charge on any atom is 0.274 e. The lowest BCUT2D eigenvalue weighted by Gasteiger charge is -2.21. The summed E-state index contributed by atoms with van der Waals surface area (Å²) in [6.07, 6.45) is 3.71. The maximum absolute atomic E-state index is 13.3. The number of aromatic nitrogens is 2. The largest absolute Gasteiger partial charge is 0.394 e. The second kappa shape index (κ2) is 7.55. The molecule has 0 aliphatic carbocycles. The summed E-state index contributed by atoms with van der Waals surface area (Å²) < 4.78 is 3.54. The van der Waals surface area contributed by atoms with E-state index < -0.39 is 0 Å². The molecule has 0 aliphatic rings. The van der Waals surface area contributed by atoms with E-state index >= 15 is 0 Å². The molecule has 0 saturated heterocycles. The van der Waals surface area contributed by atoms with Gasteiger partial charge < -0.3 is 20.6 Å². The molecule has 32 heavy (non-hydrogen) atoms. The summed E-state index contributed by atoms with van der Waals surface area (Å²) in [5.74, 6) is 0. The highest BCUT2D eigenvalue weighted by Crippen LogP contribution is 2.42. The van der Waals surface area contributed by atoms with Crippen LogP contribution in [-0.4, -0.2) is 9.13 Å². The van der Waals surface area contributed by atoms with Crippen molar-refractivity contribution in [3.8, 4) is 0 Å². The van der Waals surface area contributed by atoms with Gasteiger partial charge in [-0.1, -0.05) is 51.0 Å². The maximum atomic E-state index is 13.3. The molecular weight excluding hydrogens is 400 g/mol. The average Bonchev–Trinajstić information content (AvgIpc) is 2.80. The third kappa shape index (κ3) is 2.65. The van der Waals surface area contributed by atoms with Crippen LogP contribution in [-0.2, 0) is 13.1 Å². The molecule has 0 unspecified atom stereocenters. The minimum Gasteiger partial charge on any atom is -0.394 e. The number of unbranched alkanes of at least 4 members (excludes halogenated alkanes) is 2. The molecule has 0 radical (unpaired) electrons. The fourth-order valence-corrected chi connectivity index (χ4v) is 5.10. The van der Waals surface area contributed by atoms with Crippen LogP contribution in [0.4, 0.5) is 11.4 Å². The Morgan fingerprint density at radius 3 is 1.44 bits per heavy atom. The van der Waals surface area contributed by atoms with Crippen LogP contribution in [0.1, 0.15) is 39.5 Å². The Balaban J connectivity index is 2.08. The van der Waals surface area contributed by atoms with Gasteiger partial charge in [0, 0.05) is 34.6 Å². The van der Waals surface area contributed by atoms with Crippen molar-refractivity contribution in [2.45, 2.75) is 52.6 Å². The molecule has 164 valence electrons. The van der Waals surface area contributed by atoms with Gasteiger partial charge in [0.2, 0.25) is 0 Å². The lowest BCUT2D eigenvalue weighted by atomic mass is 9.91. The van der Waals surface area contributed by atoms with Gasteiger partial charge in [0.25, 0.3) is 11.1 Å². The van der Waals surface area contributed by atoms with Gasteiger partial charge in [-0.05, 0) is 35.7 Å². The smallest absolute Gasteiger partial charge is 0.274 e. The average molecular weight is 429 g/mol. The molecule has 0 atom stereocenters. The minimum absolute atomic E-state index is 0.161. The van der Waals surface area contributed by atoms with E-state index in [0.717, 1.165) is 69.0 Å². The molecular formula is C26H28N4O2. The van der Waals surface area contributed by atoms with Crippen molar-refractivity contribution in [3.05, 3.63) is 57.1 Å². The van der Waals surface area contributed by atoms with Crippen molar-refractivity contribution in [2.24, 2.45) is 0 Å². The van der Waals surface area contributed by atoms with Crippen LogP contribution in [0.15, 0.2) is 46.0 Å². The number of hydrogen-bond acceptors (Lipinski definition) is 4. The molecule has 3 aromatic carbocycles. The molecule has 0 bridgehead atoms. The first-order chi connectivity index (χ1) is 15.5. The molecule has 6 heteroatoms. The summed E-state index contributed by atoms with van der Waals surface area (Å²) in [6, 6.07) is 11.8. The Labute approximate surface area is 185 Å². The Hall–Kier alpha value is -3.54. The highest BCUT2D eigenvalue weighted by Gasteiger charge is 2.22. The van der Waals surface area contributed by atoms with E-state index in [0.29, 0.717) is 13.1 Å². The number of pyridine rings is 2. The zero-order valence-corrected chi connectivity index (χ0v) is 18.6. The Morgan fingerprint density at radius 1 is 0.656 bits per heavy atom. The summed E-state index contributed by atoms with van der Waals surface area (Å²) in [6.45, 7) is 5.40. The van der Waals surface area contributed by atoms with Crippen LogP contribution in [0.25, 0.3) is 43.4 Å². The van der Waals surface area contributed by atoms with Gasteiger partial charge >= 0.3 is 0 Å². The number of anilines is 2. The second-order valence-electron chi connectivity index (χ2n) is 8.60. The number of benzene rings is 3. The standard InChI is InChI=1S/C26H28N4O2/c1-3-5-13-29-17-11-7-9-15-19(17)21(23(27)25(29)31)16-10-8-12-18-20(16)22(15)24(28)26(32)30(18)14-6-4-2/h7-12H,3-6,13-14,27-28H2,1-2H3. The van der Waals surface area contributed by atoms with E-state index in [1.54, 1.807) is 9.13 Å². The lowest BCUT2D eigenvalue weighted by Crippen LogP contribution is -2.25. The quantitative estimate of drug-likeness (QED) is 0.299. The molecule has 4 N–H and O–H groups in total. The first-order valence-electron chi connectivity index (χ1n) is 11.4. The normalized spacial score (nSPS) is 12.1. The zero-order valence-electron chi connectivity index (χ0n) is 18.6. The van der Waals surface area contributed by atoms with E-state index in [9.17, 15) is 9.59 Å². The van der Waals surface area contributed by atoms with Crippen molar-refractivity contribution in [1.29, 1.82) is 0 Å². The molecule has 0 saturated carbocycles. The van der Waals surface area contributed by atoms with E-state index in [1.807, 2.05) is 36.4 Å². The number of nitrogens with zero attached hydrogens (tertiary/aromatic N) is 2. The summed E-state index contributed by atoms with van der Waals surface area (Å²) in [5, 5.41) is 5.06. The van der Waals surface area contributed by atoms with Crippen molar-refractivity contribution in [2.75, 3.05) is 11.5 Å². The second-order valence-corrected chi connectivity index (χ2v) is 8.60. The fourth-order valence-electron chi connectivity index (χ4n) is 5.10. The highest BCUT2D eigenvalue weighted by molar-refractivity contribution is 6.36. The highest BCUT2D eigenvalue weighted by atomic mass is 16.1. The molecule has 5 rings (SSSR count). The van der Waals surface area contributed by atoms with Gasteiger partial charge in [0.15, 0.2) is 0 Å². The van der Waals surface area contributed by atoms with Crippen LogP contribution < -0.4 is 22.6 Å². The van der Waals surface area contributed by atoms with Crippen LogP contribution >= 0.6 is 0 Å². The number of rotatable bonds is 6. The number of fused-ring (bicyclic) bond motifs is 2. The summed E-state index contributed by atoms with van der Waals surface area (Å²) >= 11 is 0. The minimum atomic E-state index is -0.161. The van der Waals surface area contributed by atoms with E-state index in [1.165, 1.54) is 0 Å². The molecule has 2 heterocycles. The van der Waals surface area contributed by atoms with Gasteiger partial charge in [0.1, 0.15) is 11.4 Å². The van der Waals surface area contributed by atoms with Crippen molar-refractivity contribution in [1.82, 2.24) is 9.13 Å². The lowest BCUT2D eigenvalue weighted by molar-refractivity contribution is 0.633. The van der Waals surface area contributed by atoms with Gasteiger partial charge in [-0.2, -0.15) is 0 Å². The van der Waals surface area contributed by atoms with Gasteiger partial charge in [-0.25, -0.2) is 0 Å². The van der Waals surface area contributed by atoms with Crippen molar-refractivity contribution >= 4 is 54.7 Å². The fraction of sp³-hybridized carbons (Fsp3) is 0.308. The molecule has 2 aromatic heterocycles. The third-order valence-electron chi connectivity index (χ3n) is 6.67. The number of hydrogen-bond donors (Lipinski definition) is 2. The first kappa shape index (κ1) is 20.4. The molecule has 0 spiro atoms. The van der Waals surface area contributed by atoms with E-state index in [4.69, 9.17) is 11.5 Å². The Bertz CT molecular complexity index is 1490. The summed E-state index contributed by atoms with van der Waals surface area (Å²) in [5.41, 5.74) is 14.9. The van der Waals surface area contributed by atoms with Crippen LogP contribution in [0, 0.1) is 0 Å². The van der Waals surface area contributed by atoms with Crippen molar-refractivity contribution < 1.29 is 0 Å². The predicted octanol–water partition coefficient (Wildman–Crippen LogP) is 4.83. The monoisotopic (exact) mass is 428 g/mol. The van der Waals surface area contributed by atoms with E-state index in [-0.39, 0.29) is 22.5 Å². The number of nitrogen functional groups attached to an aromatic ring is 2. The van der Waals surface area contributed by atoms with Crippen LogP contribution in [0.5, 0.6) is 0 Å².